The molecule has 0 saturated carbocycles. The van der Waals surface area contributed by atoms with Crippen LogP contribution in [0.15, 0.2) is 60.9 Å². The van der Waals surface area contributed by atoms with Gasteiger partial charge in [-0.3, -0.25) is 0 Å². The molecule has 1 heterocycles. The lowest BCUT2D eigenvalue weighted by Gasteiger charge is -2.08. The fraction of sp³-hybridized carbons (Fsp3) is 0.200. The Balaban J connectivity index is 1.55. The van der Waals surface area contributed by atoms with E-state index < -0.39 is 6.61 Å². The van der Waals surface area contributed by atoms with Gasteiger partial charge in [-0.1, -0.05) is 35.9 Å². The van der Waals surface area contributed by atoms with E-state index in [1.54, 1.807) is 24.5 Å². The first-order valence-electron chi connectivity index (χ1n) is 8.22. The first-order chi connectivity index (χ1) is 12.6. The van der Waals surface area contributed by atoms with Gasteiger partial charge in [0.05, 0.1) is 0 Å². The normalized spacial score (nSPS) is 10.9. The van der Waals surface area contributed by atoms with Crippen LogP contribution in [-0.2, 0) is 13.1 Å². The van der Waals surface area contributed by atoms with Crippen molar-refractivity contribution in [3.63, 3.8) is 0 Å². The van der Waals surface area contributed by atoms with Crippen molar-refractivity contribution < 1.29 is 13.5 Å². The van der Waals surface area contributed by atoms with Gasteiger partial charge in [-0.05, 0) is 30.7 Å². The zero-order chi connectivity index (χ0) is 18.4. The number of benzene rings is 2. The van der Waals surface area contributed by atoms with Crippen LogP contribution in [0.2, 0.25) is 0 Å². The number of halogens is 2. The van der Waals surface area contributed by atoms with Crippen molar-refractivity contribution in [3.8, 4) is 17.1 Å². The molecule has 3 rings (SSSR count). The number of alkyl halides is 2. The second kappa shape index (κ2) is 8.49. The maximum atomic E-state index is 12.3. The van der Waals surface area contributed by atoms with Crippen LogP contribution in [0.3, 0.4) is 0 Å². The number of aromatic nitrogens is 2. The molecule has 1 aromatic heterocycles. The van der Waals surface area contributed by atoms with Gasteiger partial charge < -0.3 is 10.1 Å². The molecule has 0 fully saturated rings. The third-order valence-corrected chi connectivity index (χ3v) is 3.76. The fourth-order valence-electron chi connectivity index (χ4n) is 2.56. The van der Waals surface area contributed by atoms with Gasteiger partial charge in [-0.15, -0.1) is 0 Å². The molecule has 0 bridgehead atoms. The van der Waals surface area contributed by atoms with Gasteiger partial charge in [0.15, 0.2) is 5.82 Å². The summed E-state index contributed by atoms with van der Waals surface area (Å²) in [5.41, 5.74) is 3.96. The zero-order valence-corrected chi connectivity index (χ0v) is 14.3. The summed E-state index contributed by atoms with van der Waals surface area (Å²) in [6, 6.07) is 14.7. The van der Waals surface area contributed by atoms with E-state index >= 15 is 0 Å². The lowest BCUT2D eigenvalue weighted by Crippen LogP contribution is -2.13. The Morgan fingerprint density at radius 2 is 1.69 bits per heavy atom. The summed E-state index contributed by atoms with van der Waals surface area (Å²) in [6.45, 7) is 0.319. The first-order valence-corrected chi connectivity index (χ1v) is 8.22. The minimum atomic E-state index is -2.82. The molecule has 0 unspecified atom stereocenters. The van der Waals surface area contributed by atoms with Crippen molar-refractivity contribution in [2.45, 2.75) is 26.6 Å². The van der Waals surface area contributed by atoms with Crippen molar-refractivity contribution in [1.29, 1.82) is 0 Å². The zero-order valence-electron chi connectivity index (χ0n) is 14.3. The second-order valence-electron chi connectivity index (χ2n) is 5.91. The van der Waals surface area contributed by atoms with Crippen LogP contribution in [0.1, 0.15) is 16.7 Å². The highest BCUT2D eigenvalue weighted by atomic mass is 19.3. The van der Waals surface area contributed by atoms with Gasteiger partial charge in [0.25, 0.3) is 0 Å². The summed E-state index contributed by atoms with van der Waals surface area (Å²) in [5.74, 6) is 0.847. The maximum Gasteiger partial charge on any atom is 0.387 e. The van der Waals surface area contributed by atoms with Crippen LogP contribution in [0.4, 0.5) is 8.78 Å². The molecular weight excluding hydrogens is 336 g/mol. The third-order valence-electron chi connectivity index (χ3n) is 3.76. The number of hydrogen-bond donors (Lipinski definition) is 1. The van der Waals surface area contributed by atoms with E-state index in [-0.39, 0.29) is 5.75 Å². The van der Waals surface area contributed by atoms with E-state index in [4.69, 9.17) is 0 Å². The summed E-state index contributed by atoms with van der Waals surface area (Å²) < 4.78 is 28.9. The quantitative estimate of drug-likeness (QED) is 0.685. The predicted molar refractivity (Wildman–Crippen MR) is 95.8 cm³/mol. The second-order valence-corrected chi connectivity index (χ2v) is 5.91. The van der Waals surface area contributed by atoms with Crippen molar-refractivity contribution >= 4 is 0 Å². The molecule has 134 valence electrons. The molecule has 0 spiro atoms. The van der Waals surface area contributed by atoms with Gasteiger partial charge in [-0.2, -0.15) is 8.78 Å². The van der Waals surface area contributed by atoms with Gasteiger partial charge in [0.1, 0.15) is 5.75 Å². The number of nitrogens with zero attached hydrogens (tertiary/aromatic N) is 2. The van der Waals surface area contributed by atoms with Gasteiger partial charge in [-0.25, -0.2) is 9.97 Å². The number of rotatable bonds is 7. The molecule has 0 aliphatic heterocycles. The molecule has 3 aromatic rings. The highest BCUT2D eigenvalue weighted by molar-refractivity contribution is 5.55. The van der Waals surface area contributed by atoms with Crippen molar-refractivity contribution in [2.75, 3.05) is 0 Å². The van der Waals surface area contributed by atoms with Crippen molar-refractivity contribution in [1.82, 2.24) is 15.3 Å². The van der Waals surface area contributed by atoms with Crippen LogP contribution < -0.4 is 10.1 Å². The van der Waals surface area contributed by atoms with Gasteiger partial charge in [0.2, 0.25) is 0 Å². The van der Waals surface area contributed by atoms with Crippen molar-refractivity contribution in [2.24, 2.45) is 0 Å². The maximum absolute atomic E-state index is 12.3. The molecule has 6 heteroatoms. The number of hydrogen-bond acceptors (Lipinski definition) is 4. The van der Waals surface area contributed by atoms with Gasteiger partial charge in [0, 0.05) is 36.6 Å². The van der Waals surface area contributed by atoms with Crippen LogP contribution in [-0.4, -0.2) is 16.6 Å². The Bertz CT molecular complexity index is 854. The molecule has 4 nitrogen and oxygen atoms in total. The molecule has 1 N–H and O–H groups in total. The molecular formula is C20H19F2N3O. The SMILES string of the molecule is Cc1cccc(-c2ncc(CNCc3cccc(OC(F)F)c3)cn2)c1. The van der Waals surface area contributed by atoms with Gasteiger partial charge >= 0.3 is 6.61 Å². The Morgan fingerprint density at radius 1 is 0.962 bits per heavy atom. The summed E-state index contributed by atoms with van der Waals surface area (Å²) in [7, 11) is 0. The van der Waals surface area contributed by atoms with Crippen LogP contribution in [0.25, 0.3) is 11.4 Å². The highest BCUT2D eigenvalue weighted by Crippen LogP contribution is 2.17. The minimum absolute atomic E-state index is 0.158. The standard InChI is InChI=1S/C20H19F2N3O/c1-14-4-2-6-17(8-14)19-24-12-16(13-25-19)11-23-10-15-5-3-7-18(9-15)26-20(21)22/h2-9,12-13,20,23H,10-11H2,1H3. The van der Waals surface area contributed by atoms with E-state index in [0.717, 1.165) is 22.3 Å². The largest absolute Gasteiger partial charge is 0.435 e. The van der Waals surface area contributed by atoms with E-state index in [9.17, 15) is 8.78 Å². The Kier molecular flexibility index (Phi) is 5.86. The van der Waals surface area contributed by atoms with E-state index in [0.29, 0.717) is 18.9 Å². The highest BCUT2D eigenvalue weighted by Gasteiger charge is 2.05. The van der Waals surface area contributed by atoms with Crippen LogP contribution >= 0.6 is 0 Å². The molecule has 0 atom stereocenters. The summed E-state index contributed by atoms with van der Waals surface area (Å²) in [4.78, 5) is 8.82. The van der Waals surface area contributed by atoms with Crippen LogP contribution in [0, 0.1) is 6.92 Å². The molecule has 0 amide bonds. The smallest absolute Gasteiger partial charge is 0.387 e. The topological polar surface area (TPSA) is 47.0 Å². The van der Waals surface area contributed by atoms with Crippen molar-refractivity contribution in [3.05, 3.63) is 77.6 Å². The predicted octanol–water partition coefficient (Wildman–Crippen LogP) is 4.34. The van der Waals surface area contributed by atoms with E-state index in [1.165, 1.54) is 6.07 Å². The number of ether oxygens (including phenoxy) is 1. The van der Waals surface area contributed by atoms with E-state index in [1.807, 2.05) is 37.3 Å². The van der Waals surface area contributed by atoms with E-state index in [2.05, 4.69) is 20.0 Å². The molecule has 0 saturated heterocycles. The van der Waals surface area contributed by atoms with Crippen LogP contribution in [0.5, 0.6) is 5.75 Å². The monoisotopic (exact) mass is 355 g/mol. The lowest BCUT2D eigenvalue weighted by atomic mass is 10.1. The Labute approximate surface area is 150 Å². The molecule has 0 aliphatic carbocycles. The summed E-state index contributed by atoms with van der Waals surface area (Å²) in [5, 5.41) is 3.24. The lowest BCUT2D eigenvalue weighted by molar-refractivity contribution is -0.0498. The summed E-state index contributed by atoms with van der Waals surface area (Å²) in [6.07, 6.45) is 3.57. The molecule has 2 aromatic carbocycles. The Morgan fingerprint density at radius 3 is 2.42 bits per heavy atom. The molecule has 0 radical (unpaired) electrons. The molecule has 26 heavy (non-hydrogen) atoms. The Hall–Kier alpha value is -2.86. The average molecular weight is 355 g/mol. The number of nitrogens with one attached hydrogen (secondary N) is 1. The average Bonchev–Trinajstić information content (AvgIpc) is 2.62. The molecule has 0 aliphatic rings. The number of aryl methyl sites for hydroxylation is 1. The summed E-state index contributed by atoms with van der Waals surface area (Å²) >= 11 is 0. The minimum Gasteiger partial charge on any atom is -0.435 e. The third kappa shape index (κ3) is 5.07. The first kappa shape index (κ1) is 17.9. The fourth-order valence-corrected chi connectivity index (χ4v) is 2.56.